The van der Waals surface area contributed by atoms with Crippen molar-refractivity contribution in [2.24, 2.45) is 17.8 Å². The van der Waals surface area contributed by atoms with Crippen molar-refractivity contribution in [1.29, 1.82) is 0 Å². The van der Waals surface area contributed by atoms with E-state index in [2.05, 4.69) is 19.2 Å². The number of hydrogen-bond acceptors (Lipinski definition) is 3. The molecule has 3 heteroatoms. The molecule has 1 N–H and O–H groups in total. The van der Waals surface area contributed by atoms with E-state index in [9.17, 15) is 4.79 Å². The van der Waals surface area contributed by atoms with E-state index >= 15 is 0 Å². The van der Waals surface area contributed by atoms with Crippen LogP contribution >= 0.6 is 0 Å². The summed E-state index contributed by atoms with van der Waals surface area (Å²) < 4.78 is 5.53. The van der Waals surface area contributed by atoms with Gasteiger partial charge in [-0.2, -0.15) is 0 Å². The number of hydrogen-bond donors (Lipinski definition) is 1. The third kappa shape index (κ3) is 4.66. The van der Waals surface area contributed by atoms with Gasteiger partial charge in [0.05, 0.1) is 6.54 Å². The Kier molecular flexibility index (Phi) is 4.43. The number of esters is 1. The molecule has 0 aromatic carbocycles. The SMILES string of the molecule is CC1CC(C)CC(OC(=O)CNCC2CC2)C1. The summed E-state index contributed by atoms with van der Waals surface area (Å²) >= 11 is 0. The Labute approximate surface area is 104 Å². The molecule has 2 aliphatic rings. The van der Waals surface area contributed by atoms with Crippen molar-refractivity contribution in [3.63, 3.8) is 0 Å². The smallest absolute Gasteiger partial charge is 0.320 e. The minimum atomic E-state index is -0.0723. The van der Waals surface area contributed by atoms with Gasteiger partial charge in [-0.05, 0) is 56.4 Å². The van der Waals surface area contributed by atoms with Gasteiger partial charge in [-0.25, -0.2) is 0 Å². The van der Waals surface area contributed by atoms with E-state index in [1.54, 1.807) is 0 Å². The lowest BCUT2D eigenvalue weighted by Crippen LogP contribution is -2.33. The zero-order chi connectivity index (χ0) is 12.3. The van der Waals surface area contributed by atoms with Crippen molar-refractivity contribution in [3.8, 4) is 0 Å². The molecule has 98 valence electrons. The maximum absolute atomic E-state index is 11.6. The first-order valence-electron chi connectivity index (χ1n) is 7.03. The van der Waals surface area contributed by atoms with E-state index in [0.717, 1.165) is 25.3 Å². The monoisotopic (exact) mass is 239 g/mol. The molecule has 3 nitrogen and oxygen atoms in total. The lowest BCUT2D eigenvalue weighted by atomic mass is 9.82. The van der Waals surface area contributed by atoms with E-state index < -0.39 is 0 Å². The Morgan fingerprint density at radius 3 is 2.41 bits per heavy atom. The van der Waals surface area contributed by atoms with Crippen LogP contribution in [0.25, 0.3) is 0 Å². The summed E-state index contributed by atoms with van der Waals surface area (Å²) in [7, 11) is 0. The maximum Gasteiger partial charge on any atom is 0.320 e. The second-order valence-corrected chi connectivity index (χ2v) is 6.10. The van der Waals surface area contributed by atoms with Crippen LogP contribution in [0.2, 0.25) is 0 Å². The zero-order valence-corrected chi connectivity index (χ0v) is 11.1. The highest BCUT2D eigenvalue weighted by molar-refractivity contribution is 5.71. The predicted molar refractivity (Wildman–Crippen MR) is 67.7 cm³/mol. The van der Waals surface area contributed by atoms with Crippen LogP contribution < -0.4 is 5.32 Å². The third-order valence-corrected chi connectivity index (χ3v) is 3.83. The van der Waals surface area contributed by atoms with Gasteiger partial charge in [-0.3, -0.25) is 4.79 Å². The Morgan fingerprint density at radius 1 is 1.18 bits per heavy atom. The summed E-state index contributed by atoms with van der Waals surface area (Å²) in [6, 6.07) is 0. The first kappa shape index (κ1) is 12.9. The van der Waals surface area contributed by atoms with Gasteiger partial charge in [0.1, 0.15) is 6.10 Å². The Morgan fingerprint density at radius 2 is 1.82 bits per heavy atom. The van der Waals surface area contributed by atoms with Gasteiger partial charge >= 0.3 is 5.97 Å². The average Bonchev–Trinajstić information content (AvgIpc) is 2.99. The second kappa shape index (κ2) is 5.85. The first-order chi connectivity index (χ1) is 8.13. The number of carbonyl (C=O) groups excluding carboxylic acids is 1. The molecule has 0 saturated heterocycles. The lowest BCUT2D eigenvalue weighted by molar-refractivity contribution is -0.150. The molecule has 0 spiro atoms. The molecule has 2 rings (SSSR count). The van der Waals surface area contributed by atoms with Crippen LogP contribution in [0.1, 0.15) is 46.0 Å². The van der Waals surface area contributed by atoms with Crippen LogP contribution in [0.15, 0.2) is 0 Å². The second-order valence-electron chi connectivity index (χ2n) is 6.10. The predicted octanol–water partition coefficient (Wildman–Crippen LogP) is 2.35. The Hall–Kier alpha value is -0.570. The maximum atomic E-state index is 11.6. The molecule has 17 heavy (non-hydrogen) atoms. The molecule has 0 radical (unpaired) electrons. The van der Waals surface area contributed by atoms with Crippen LogP contribution in [-0.2, 0) is 9.53 Å². The van der Waals surface area contributed by atoms with Crippen molar-refractivity contribution in [1.82, 2.24) is 5.32 Å². The molecule has 2 aliphatic carbocycles. The summed E-state index contributed by atoms with van der Waals surface area (Å²) in [5.74, 6) is 2.13. The quantitative estimate of drug-likeness (QED) is 0.748. The van der Waals surface area contributed by atoms with Crippen LogP contribution in [0.3, 0.4) is 0 Å². The highest BCUT2D eigenvalue weighted by atomic mass is 16.5. The highest BCUT2D eigenvalue weighted by Gasteiger charge is 2.26. The minimum Gasteiger partial charge on any atom is -0.461 e. The lowest BCUT2D eigenvalue weighted by Gasteiger charge is -2.31. The normalized spacial score (nSPS) is 33.4. The van der Waals surface area contributed by atoms with Gasteiger partial charge in [0.15, 0.2) is 0 Å². The number of carbonyl (C=O) groups is 1. The van der Waals surface area contributed by atoms with Crippen molar-refractivity contribution < 1.29 is 9.53 Å². The Bertz CT molecular complexity index is 253. The summed E-state index contributed by atoms with van der Waals surface area (Å²) in [4.78, 5) is 11.6. The fourth-order valence-corrected chi connectivity index (χ4v) is 2.90. The summed E-state index contributed by atoms with van der Waals surface area (Å²) in [6.07, 6.45) is 6.15. The van der Waals surface area contributed by atoms with Gasteiger partial charge in [0.25, 0.3) is 0 Å². The van der Waals surface area contributed by atoms with E-state index in [1.807, 2.05) is 0 Å². The molecule has 2 saturated carbocycles. The summed E-state index contributed by atoms with van der Waals surface area (Å²) in [5, 5.41) is 3.18. The topological polar surface area (TPSA) is 38.3 Å². The largest absolute Gasteiger partial charge is 0.461 e. The van der Waals surface area contributed by atoms with Crippen LogP contribution in [0, 0.1) is 17.8 Å². The zero-order valence-electron chi connectivity index (χ0n) is 11.1. The number of nitrogens with one attached hydrogen (secondary N) is 1. The fraction of sp³-hybridized carbons (Fsp3) is 0.929. The third-order valence-electron chi connectivity index (χ3n) is 3.83. The molecule has 0 bridgehead atoms. The molecular formula is C14H25NO2. The average molecular weight is 239 g/mol. The van der Waals surface area contributed by atoms with Crippen molar-refractivity contribution in [2.45, 2.75) is 52.1 Å². The molecule has 2 unspecified atom stereocenters. The molecule has 0 aromatic heterocycles. The van der Waals surface area contributed by atoms with Crippen LogP contribution in [0.5, 0.6) is 0 Å². The van der Waals surface area contributed by atoms with E-state index in [-0.39, 0.29) is 12.1 Å². The molecule has 0 amide bonds. The van der Waals surface area contributed by atoms with Crippen LogP contribution in [0.4, 0.5) is 0 Å². The van der Waals surface area contributed by atoms with E-state index in [4.69, 9.17) is 4.74 Å². The van der Waals surface area contributed by atoms with Gasteiger partial charge < -0.3 is 10.1 Å². The van der Waals surface area contributed by atoms with Crippen molar-refractivity contribution in [3.05, 3.63) is 0 Å². The Balaban J connectivity index is 1.62. The molecule has 2 atom stereocenters. The van der Waals surface area contributed by atoms with Gasteiger partial charge in [-0.1, -0.05) is 13.8 Å². The number of rotatable bonds is 5. The van der Waals surface area contributed by atoms with Gasteiger partial charge in [0.2, 0.25) is 0 Å². The van der Waals surface area contributed by atoms with Crippen molar-refractivity contribution in [2.75, 3.05) is 13.1 Å². The standard InChI is InChI=1S/C14H25NO2/c1-10-5-11(2)7-13(6-10)17-14(16)9-15-8-12-3-4-12/h10-13,15H,3-9H2,1-2H3. The fourth-order valence-electron chi connectivity index (χ4n) is 2.90. The first-order valence-corrected chi connectivity index (χ1v) is 7.03. The molecule has 0 aliphatic heterocycles. The highest BCUT2D eigenvalue weighted by Crippen LogP contribution is 2.30. The number of ether oxygens (including phenoxy) is 1. The van der Waals surface area contributed by atoms with Crippen molar-refractivity contribution >= 4 is 5.97 Å². The molecule has 0 heterocycles. The van der Waals surface area contributed by atoms with E-state index in [1.165, 1.54) is 19.3 Å². The van der Waals surface area contributed by atoms with Gasteiger partial charge in [-0.15, -0.1) is 0 Å². The molecule has 2 fully saturated rings. The summed E-state index contributed by atoms with van der Waals surface area (Å²) in [6.45, 7) is 5.87. The van der Waals surface area contributed by atoms with Crippen LogP contribution in [-0.4, -0.2) is 25.2 Å². The minimum absolute atomic E-state index is 0.0723. The van der Waals surface area contributed by atoms with Gasteiger partial charge in [0, 0.05) is 0 Å². The molecular weight excluding hydrogens is 214 g/mol. The summed E-state index contributed by atoms with van der Waals surface area (Å²) in [5.41, 5.74) is 0. The van der Waals surface area contributed by atoms with E-state index in [0.29, 0.717) is 18.4 Å². The molecule has 0 aromatic rings.